The summed E-state index contributed by atoms with van der Waals surface area (Å²) in [7, 11) is -1.55. The van der Waals surface area contributed by atoms with Gasteiger partial charge in [-0.2, -0.15) is 0 Å². The fourth-order valence-corrected chi connectivity index (χ4v) is 2.07. The van der Waals surface area contributed by atoms with Gasteiger partial charge in [0.25, 0.3) is 0 Å². The Kier molecular flexibility index (Phi) is 4.84. The summed E-state index contributed by atoms with van der Waals surface area (Å²) in [4.78, 5) is 8.46. The molecule has 0 amide bonds. The Hall–Kier alpha value is -1.76. The van der Waals surface area contributed by atoms with Crippen molar-refractivity contribution in [1.29, 1.82) is 0 Å². The van der Waals surface area contributed by atoms with E-state index >= 15 is 0 Å². The molecule has 6 heteroatoms. The Morgan fingerprint density at radius 3 is 2.15 bits per heavy atom. The molecule has 0 saturated heterocycles. The molecule has 104 valence electrons. The second-order valence-corrected chi connectivity index (χ2v) is 4.58. The maximum atomic E-state index is 9.25. The van der Waals surface area contributed by atoms with Crippen LogP contribution in [0.2, 0.25) is 0 Å². The number of rotatable bonds is 5. The molecule has 0 spiro atoms. The zero-order valence-electron chi connectivity index (χ0n) is 11.6. The monoisotopic (exact) mass is 272 g/mol. The maximum Gasteiger partial charge on any atom is 0.492 e. The summed E-state index contributed by atoms with van der Waals surface area (Å²) < 4.78 is 5.57. The first-order valence-corrected chi connectivity index (χ1v) is 6.39. The Morgan fingerprint density at radius 1 is 1.00 bits per heavy atom. The van der Waals surface area contributed by atoms with Crippen molar-refractivity contribution in [2.45, 2.75) is 27.1 Å². The quantitative estimate of drug-likeness (QED) is 0.775. The van der Waals surface area contributed by atoms with Crippen LogP contribution in [0.3, 0.4) is 0 Å². The van der Waals surface area contributed by atoms with Crippen molar-refractivity contribution in [1.82, 2.24) is 9.97 Å². The molecule has 0 aliphatic carbocycles. The minimum Gasteiger partial charge on any atom is -0.423 e. The van der Waals surface area contributed by atoms with Crippen LogP contribution < -0.4 is 5.46 Å². The van der Waals surface area contributed by atoms with Gasteiger partial charge in [-0.3, -0.25) is 0 Å². The van der Waals surface area contributed by atoms with Crippen LogP contribution in [0.15, 0.2) is 30.3 Å². The third-order valence-electron chi connectivity index (χ3n) is 2.97. The predicted octanol–water partition coefficient (Wildman–Crippen LogP) is 0.490. The van der Waals surface area contributed by atoms with E-state index in [2.05, 4.69) is 9.97 Å². The molecule has 0 unspecified atom stereocenters. The van der Waals surface area contributed by atoms with E-state index in [1.54, 1.807) is 13.8 Å². The van der Waals surface area contributed by atoms with Crippen molar-refractivity contribution in [3.05, 3.63) is 53.1 Å². The van der Waals surface area contributed by atoms with Crippen molar-refractivity contribution in [2.75, 3.05) is 0 Å². The molecule has 5 nitrogen and oxygen atoms in total. The van der Waals surface area contributed by atoms with Crippen molar-refractivity contribution in [3.8, 4) is 0 Å². The van der Waals surface area contributed by atoms with Crippen molar-refractivity contribution < 1.29 is 14.8 Å². The molecule has 1 aromatic heterocycles. The summed E-state index contributed by atoms with van der Waals surface area (Å²) in [6, 6.07) is 9.85. The average Bonchev–Trinajstić information content (AvgIpc) is 2.38. The molecule has 2 N–H and O–H groups in total. The molecule has 0 aliphatic heterocycles. The van der Waals surface area contributed by atoms with Gasteiger partial charge in [-0.15, -0.1) is 0 Å². The lowest BCUT2D eigenvalue weighted by atomic mass is 9.78. The Labute approximate surface area is 118 Å². The van der Waals surface area contributed by atoms with E-state index in [0.29, 0.717) is 35.9 Å². The third kappa shape index (κ3) is 3.63. The van der Waals surface area contributed by atoms with Gasteiger partial charge in [-0.05, 0) is 19.4 Å². The summed E-state index contributed by atoms with van der Waals surface area (Å²) in [5.74, 6) is 0.542. The van der Waals surface area contributed by atoms with E-state index in [0.717, 1.165) is 5.56 Å². The van der Waals surface area contributed by atoms with Crippen LogP contribution in [0.4, 0.5) is 0 Å². The van der Waals surface area contributed by atoms with Crippen molar-refractivity contribution >= 4 is 12.6 Å². The van der Waals surface area contributed by atoms with E-state index in [1.807, 2.05) is 30.3 Å². The molecule has 1 aromatic carbocycles. The minimum absolute atomic E-state index is 0.290. The summed E-state index contributed by atoms with van der Waals surface area (Å²) in [5, 5.41) is 18.5. The zero-order chi connectivity index (χ0) is 14.5. The van der Waals surface area contributed by atoms with Crippen LogP contribution in [0.25, 0.3) is 0 Å². The van der Waals surface area contributed by atoms with E-state index in [1.165, 1.54) is 0 Å². The zero-order valence-corrected chi connectivity index (χ0v) is 11.6. The fraction of sp³-hybridized carbons (Fsp3) is 0.286. The second kappa shape index (κ2) is 6.61. The fourth-order valence-electron chi connectivity index (χ4n) is 2.07. The molecular formula is C14H17BN2O3. The Bertz CT molecular complexity index is 553. The predicted molar refractivity (Wildman–Crippen MR) is 76.3 cm³/mol. The number of benzene rings is 1. The summed E-state index contributed by atoms with van der Waals surface area (Å²) in [6.45, 7) is 4.24. The molecule has 0 radical (unpaired) electrons. The third-order valence-corrected chi connectivity index (χ3v) is 2.97. The largest absolute Gasteiger partial charge is 0.492 e. The van der Waals surface area contributed by atoms with Crippen LogP contribution >= 0.6 is 0 Å². The first kappa shape index (κ1) is 14.6. The Balaban J connectivity index is 2.00. The van der Waals surface area contributed by atoms with E-state index in [9.17, 15) is 10.0 Å². The van der Waals surface area contributed by atoms with Gasteiger partial charge in [0.2, 0.25) is 0 Å². The normalized spacial score (nSPS) is 10.6. The van der Waals surface area contributed by atoms with Gasteiger partial charge in [0.05, 0.1) is 6.61 Å². The highest BCUT2D eigenvalue weighted by Crippen LogP contribution is 2.04. The second-order valence-electron chi connectivity index (χ2n) is 4.58. The standard InChI is InChI=1S/C14H17BN2O3/c1-10-14(15(18)19)11(2)17-13(16-10)9-20-8-12-6-4-3-5-7-12/h3-7,18-19H,8-9H2,1-2H3. The Morgan fingerprint density at radius 2 is 1.60 bits per heavy atom. The van der Waals surface area contributed by atoms with Crippen LogP contribution in [-0.2, 0) is 18.0 Å². The van der Waals surface area contributed by atoms with Crippen LogP contribution in [0.5, 0.6) is 0 Å². The molecule has 2 aromatic rings. The average molecular weight is 272 g/mol. The lowest BCUT2D eigenvalue weighted by molar-refractivity contribution is 0.101. The van der Waals surface area contributed by atoms with Crippen molar-refractivity contribution in [3.63, 3.8) is 0 Å². The molecule has 0 aliphatic rings. The van der Waals surface area contributed by atoms with Gasteiger partial charge >= 0.3 is 7.12 Å². The van der Waals surface area contributed by atoms with Gasteiger partial charge < -0.3 is 14.8 Å². The number of hydrogen-bond donors (Lipinski definition) is 2. The molecule has 20 heavy (non-hydrogen) atoms. The van der Waals surface area contributed by atoms with Crippen LogP contribution in [-0.4, -0.2) is 27.1 Å². The minimum atomic E-state index is -1.55. The molecule has 0 saturated carbocycles. The van der Waals surface area contributed by atoms with Gasteiger partial charge in [0, 0.05) is 16.9 Å². The lowest BCUT2D eigenvalue weighted by Gasteiger charge is -2.10. The number of hydrogen-bond acceptors (Lipinski definition) is 5. The maximum absolute atomic E-state index is 9.25. The molecule has 0 bridgehead atoms. The first-order chi connectivity index (χ1) is 9.58. The lowest BCUT2D eigenvalue weighted by Crippen LogP contribution is -2.36. The number of aromatic nitrogens is 2. The van der Waals surface area contributed by atoms with Crippen LogP contribution in [0.1, 0.15) is 22.8 Å². The SMILES string of the molecule is Cc1nc(COCc2ccccc2)nc(C)c1B(O)O. The smallest absolute Gasteiger partial charge is 0.423 e. The molecule has 0 fully saturated rings. The van der Waals surface area contributed by atoms with Gasteiger partial charge in [0.15, 0.2) is 5.82 Å². The van der Waals surface area contributed by atoms with E-state index < -0.39 is 7.12 Å². The van der Waals surface area contributed by atoms with Gasteiger partial charge in [0.1, 0.15) is 6.61 Å². The van der Waals surface area contributed by atoms with Crippen LogP contribution in [0, 0.1) is 13.8 Å². The van der Waals surface area contributed by atoms with E-state index in [4.69, 9.17) is 4.74 Å². The summed E-state index contributed by atoms with van der Waals surface area (Å²) in [6.07, 6.45) is 0. The van der Waals surface area contributed by atoms with Gasteiger partial charge in [-0.25, -0.2) is 9.97 Å². The highest BCUT2D eigenvalue weighted by molar-refractivity contribution is 6.59. The highest BCUT2D eigenvalue weighted by Gasteiger charge is 2.19. The van der Waals surface area contributed by atoms with Gasteiger partial charge in [-0.1, -0.05) is 30.3 Å². The van der Waals surface area contributed by atoms with Crippen molar-refractivity contribution in [2.24, 2.45) is 0 Å². The molecular weight excluding hydrogens is 255 g/mol. The summed E-state index contributed by atoms with van der Waals surface area (Å²) >= 11 is 0. The highest BCUT2D eigenvalue weighted by atomic mass is 16.5. The number of ether oxygens (including phenoxy) is 1. The summed E-state index contributed by atoms with van der Waals surface area (Å²) in [5.41, 5.74) is 2.57. The first-order valence-electron chi connectivity index (χ1n) is 6.39. The topological polar surface area (TPSA) is 75.5 Å². The molecule has 1 heterocycles. The number of aryl methyl sites for hydroxylation is 2. The number of nitrogens with zero attached hydrogens (tertiary/aromatic N) is 2. The van der Waals surface area contributed by atoms with E-state index in [-0.39, 0.29) is 0 Å². The molecule has 0 atom stereocenters. The molecule has 2 rings (SSSR count).